The molecule has 0 saturated carbocycles. The highest BCUT2D eigenvalue weighted by Crippen LogP contribution is 2.31. The number of aryl methyl sites for hydroxylation is 1. The van der Waals surface area contributed by atoms with E-state index in [1.54, 1.807) is 29.4 Å². The fraction of sp³-hybridized carbons (Fsp3) is 0.368. The van der Waals surface area contributed by atoms with Gasteiger partial charge in [-0.2, -0.15) is 0 Å². The Kier molecular flexibility index (Phi) is 7.24. The number of aliphatic hydroxyl groups excluding tert-OH is 1. The molecule has 1 aromatic heterocycles. The first-order valence-corrected chi connectivity index (χ1v) is 8.79. The molecule has 1 heterocycles. The van der Waals surface area contributed by atoms with Crippen LogP contribution in [0.15, 0.2) is 36.7 Å². The maximum atomic E-state index is 12.9. The number of hydrogen-bond donors (Lipinski definition) is 2. The van der Waals surface area contributed by atoms with Crippen LogP contribution in [0.1, 0.15) is 24.5 Å². The molecule has 2 N–H and O–H groups in total. The molecule has 0 aliphatic carbocycles. The maximum Gasteiger partial charge on any atom is 0.322 e. The molecule has 0 aliphatic rings. The number of anilines is 1. The first kappa shape index (κ1) is 20.0. The van der Waals surface area contributed by atoms with Crippen LogP contribution in [0, 0.1) is 6.92 Å². The van der Waals surface area contributed by atoms with Crippen molar-refractivity contribution in [3.8, 4) is 5.75 Å². The number of hydrogen-bond acceptors (Lipinski definition) is 4. The van der Waals surface area contributed by atoms with Crippen LogP contribution in [-0.2, 0) is 6.54 Å². The van der Waals surface area contributed by atoms with Crippen LogP contribution in [0.5, 0.6) is 5.75 Å². The summed E-state index contributed by atoms with van der Waals surface area (Å²) >= 11 is 6.12. The molecular formula is C19H24ClN3O3. The summed E-state index contributed by atoms with van der Waals surface area (Å²) in [6.45, 7) is 4.00. The summed E-state index contributed by atoms with van der Waals surface area (Å²) in [6.07, 6.45) is 4.01. The number of urea groups is 1. The van der Waals surface area contributed by atoms with Crippen LogP contribution >= 0.6 is 11.6 Å². The fourth-order valence-electron chi connectivity index (χ4n) is 2.62. The van der Waals surface area contributed by atoms with Crippen molar-refractivity contribution in [2.45, 2.75) is 32.9 Å². The lowest BCUT2D eigenvalue weighted by Crippen LogP contribution is -2.44. The molecule has 2 amide bonds. The lowest BCUT2D eigenvalue weighted by molar-refractivity contribution is 0.134. The Labute approximate surface area is 158 Å². The highest BCUT2D eigenvalue weighted by atomic mass is 35.5. The second-order valence-corrected chi connectivity index (χ2v) is 6.37. The number of nitrogens with one attached hydrogen (secondary N) is 1. The lowest BCUT2D eigenvalue weighted by atomic mass is 10.1. The van der Waals surface area contributed by atoms with E-state index in [0.29, 0.717) is 29.4 Å². The van der Waals surface area contributed by atoms with E-state index in [1.807, 2.05) is 26.0 Å². The molecule has 2 aromatic rings. The van der Waals surface area contributed by atoms with Crippen molar-refractivity contribution >= 4 is 23.3 Å². The van der Waals surface area contributed by atoms with Crippen molar-refractivity contribution in [1.82, 2.24) is 9.88 Å². The summed E-state index contributed by atoms with van der Waals surface area (Å²) in [6, 6.07) is 6.51. The molecule has 140 valence electrons. The van der Waals surface area contributed by atoms with E-state index in [4.69, 9.17) is 16.3 Å². The predicted molar refractivity (Wildman–Crippen MR) is 103 cm³/mol. The Morgan fingerprint density at radius 1 is 1.46 bits per heavy atom. The highest BCUT2D eigenvalue weighted by molar-refractivity contribution is 6.31. The van der Waals surface area contributed by atoms with E-state index in [2.05, 4.69) is 10.3 Å². The van der Waals surface area contributed by atoms with Crippen molar-refractivity contribution in [2.75, 3.05) is 19.0 Å². The normalized spacial score (nSPS) is 11.7. The average molecular weight is 378 g/mol. The van der Waals surface area contributed by atoms with Gasteiger partial charge in [0.15, 0.2) is 0 Å². The number of pyridine rings is 1. The monoisotopic (exact) mass is 377 g/mol. The van der Waals surface area contributed by atoms with E-state index in [1.165, 1.54) is 7.11 Å². The minimum atomic E-state index is -0.324. The zero-order chi connectivity index (χ0) is 19.1. The van der Waals surface area contributed by atoms with Gasteiger partial charge in [0.1, 0.15) is 5.75 Å². The van der Waals surface area contributed by atoms with Gasteiger partial charge in [0.05, 0.1) is 25.4 Å². The van der Waals surface area contributed by atoms with Crippen LogP contribution in [-0.4, -0.2) is 40.8 Å². The zero-order valence-electron chi connectivity index (χ0n) is 15.2. The molecule has 0 spiro atoms. The molecule has 0 fully saturated rings. The topological polar surface area (TPSA) is 74.7 Å². The van der Waals surface area contributed by atoms with Crippen LogP contribution in [0.3, 0.4) is 0 Å². The molecule has 6 nitrogen and oxygen atoms in total. The van der Waals surface area contributed by atoms with E-state index in [-0.39, 0.29) is 18.7 Å². The van der Waals surface area contributed by atoms with Gasteiger partial charge in [-0.25, -0.2) is 4.79 Å². The summed E-state index contributed by atoms with van der Waals surface area (Å²) in [5.41, 5.74) is 2.24. The number of ether oxygens (including phenoxy) is 1. The quantitative estimate of drug-likeness (QED) is 0.768. The standard InChI is InChI=1S/C19H24ClN3O3/c1-4-15(12-24)23(11-14-6-5-7-21-10-14)19(25)22-17-8-13(2)16(20)9-18(17)26-3/h5-10,15,24H,4,11-12H2,1-3H3,(H,22,25). The van der Waals surface area contributed by atoms with E-state index < -0.39 is 0 Å². The molecule has 1 unspecified atom stereocenters. The number of nitrogens with zero attached hydrogens (tertiary/aromatic N) is 2. The largest absolute Gasteiger partial charge is 0.495 e. The minimum Gasteiger partial charge on any atom is -0.495 e. The van der Waals surface area contributed by atoms with Crippen molar-refractivity contribution in [3.63, 3.8) is 0 Å². The van der Waals surface area contributed by atoms with Gasteiger partial charge >= 0.3 is 6.03 Å². The van der Waals surface area contributed by atoms with Crippen LogP contribution < -0.4 is 10.1 Å². The lowest BCUT2D eigenvalue weighted by Gasteiger charge is -2.30. The van der Waals surface area contributed by atoms with Gasteiger partial charge in [-0.15, -0.1) is 0 Å². The van der Waals surface area contributed by atoms with Gasteiger partial charge in [0.25, 0.3) is 0 Å². The van der Waals surface area contributed by atoms with E-state index >= 15 is 0 Å². The van der Waals surface area contributed by atoms with Crippen molar-refractivity contribution in [3.05, 3.63) is 52.8 Å². The number of amides is 2. The third kappa shape index (κ3) is 4.86. The maximum absolute atomic E-state index is 12.9. The first-order valence-electron chi connectivity index (χ1n) is 8.41. The van der Waals surface area contributed by atoms with Crippen molar-refractivity contribution in [2.24, 2.45) is 0 Å². The van der Waals surface area contributed by atoms with Gasteiger partial charge in [0, 0.05) is 30.0 Å². The summed E-state index contributed by atoms with van der Waals surface area (Å²) in [7, 11) is 1.52. The summed E-state index contributed by atoms with van der Waals surface area (Å²) in [5.74, 6) is 0.479. The average Bonchev–Trinajstić information content (AvgIpc) is 2.65. The summed E-state index contributed by atoms with van der Waals surface area (Å²) in [4.78, 5) is 18.6. The molecule has 26 heavy (non-hydrogen) atoms. The molecule has 0 radical (unpaired) electrons. The molecule has 7 heteroatoms. The molecule has 0 bridgehead atoms. The van der Waals surface area contributed by atoms with Crippen LogP contribution in [0.25, 0.3) is 0 Å². The third-order valence-corrected chi connectivity index (χ3v) is 4.59. The first-order chi connectivity index (χ1) is 12.5. The second kappa shape index (κ2) is 9.40. The van der Waals surface area contributed by atoms with Gasteiger partial charge in [-0.3, -0.25) is 4.98 Å². The van der Waals surface area contributed by atoms with E-state index in [9.17, 15) is 9.90 Å². The van der Waals surface area contributed by atoms with Crippen molar-refractivity contribution < 1.29 is 14.6 Å². The third-order valence-electron chi connectivity index (χ3n) is 4.18. The van der Waals surface area contributed by atoms with Gasteiger partial charge < -0.3 is 20.1 Å². The zero-order valence-corrected chi connectivity index (χ0v) is 16.0. The number of benzene rings is 1. The Hall–Kier alpha value is -2.31. The number of halogens is 1. The fourth-order valence-corrected chi connectivity index (χ4v) is 2.77. The Morgan fingerprint density at radius 3 is 2.81 bits per heavy atom. The second-order valence-electron chi connectivity index (χ2n) is 5.97. The van der Waals surface area contributed by atoms with Crippen molar-refractivity contribution in [1.29, 1.82) is 0 Å². The summed E-state index contributed by atoms with van der Waals surface area (Å²) in [5, 5.41) is 13.1. The smallest absolute Gasteiger partial charge is 0.322 e. The number of rotatable bonds is 7. The predicted octanol–water partition coefficient (Wildman–Crippen LogP) is 3.86. The minimum absolute atomic E-state index is 0.124. The van der Waals surface area contributed by atoms with Crippen LogP contribution in [0.2, 0.25) is 5.02 Å². The molecule has 1 atom stereocenters. The highest BCUT2D eigenvalue weighted by Gasteiger charge is 2.23. The number of aliphatic hydroxyl groups is 1. The summed E-state index contributed by atoms with van der Waals surface area (Å²) < 4.78 is 5.32. The van der Waals surface area contributed by atoms with Gasteiger partial charge in [0.2, 0.25) is 0 Å². The Bertz CT molecular complexity index is 736. The molecule has 1 aromatic carbocycles. The SMILES string of the molecule is CCC(CO)N(Cc1cccnc1)C(=O)Nc1cc(C)c(Cl)cc1OC. The number of carbonyl (C=O) groups is 1. The number of methoxy groups -OCH3 is 1. The Balaban J connectivity index is 2.27. The van der Waals surface area contributed by atoms with Gasteiger partial charge in [-0.05, 0) is 36.6 Å². The van der Waals surface area contributed by atoms with Gasteiger partial charge in [-0.1, -0.05) is 24.6 Å². The molecular weight excluding hydrogens is 354 g/mol. The molecule has 2 rings (SSSR count). The van der Waals surface area contributed by atoms with Crippen LogP contribution in [0.4, 0.5) is 10.5 Å². The Morgan fingerprint density at radius 2 is 2.23 bits per heavy atom. The number of aromatic nitrogens is 1. The number of carbonyl (C=O) groups excluding carboxylic acids is 1. The molecule has 0 saturated heterocycles. The van der Waals surface area contributed by atoms with E-state index in [0.717, 1.165) is 11.1 Å². The molecule has 0 aliphatic heterocycles.